The first-order valence-electron chi connectivity index (χ1n) is 9.83. The van der Waals surface area contributed by atoms with Crippen LogP contribution in [-0.4, -0.2) is 49.2 Å². The minimum absolute atomic E-state index is 0.165. The number of anilines is 3. The van der Waals surface area contributed by atoms with Crippen molar-refractivity contribution in [2.45, 2.75) is 44.2 Å². The van der Waals surface area contributed by atoms with E-state index in [1.165, 1.54) is 6.20 Å². The summed E-state index contributed by atoms with van der Waals surface area (Å²) in [5.74, 6) is 1.31. The maximum Gasteiger partial charge on any atom is 0.256 e. The molecule has 1 atom stereocenters. The maximum absolute atomic E-state index is 12.5. The number of carbonyl (C=O) groups excluding carboxylic acids is 2. The van der Waals surface area contributed by atoms with Crippen molar-refractivity contribution in [2.24, 2.45) is 0 Å². The van der Waals surface area contributed by atoms with Gasteiger partial charge in [-0.1, -0.05) is 0 Å². The number of nitrogens with one attached hydrogen (secondary N) is 3. The van der Waals surface area contributed by atoms with E-state index in [9.17, 15) is 9.59 Å². The summed E-state index contributed by atoms with van der Waals surface area (Å²) in [6, 6.07) is 1.88. The van der Waals surface area contributed by atoms with Crippen molar-refractivity contribution in [2.75, 3.05) is 17.7 Å². The molecule has 2 fully saturated rings. The first-order valence-corrected chi connectivity index (χ1v) is 9.83. The Balaban J connectivity index is 1.44. The zero-order valence-corrected chi connectivity index (χ0v) is 16.1. The van der Waals surface area contributed by atoms with E-state index in [0.29, 0.717) is 29.3 Å². The first-order chi connectivity index (χ1) is 14.1. The molecule has 0 aromatic carbocycles. The lowest BCUT2D eigenvalue weighted by Gasteiger charge is -2.10. The van der Waals surface area contributed by atoms with E-state index in [-0.39, 0.29) is 23.8 Å². The van der Waals surface area contributed by atoms with Gasteiger partial charge >= 0.3 is 0 Å². The number of hydrogen-bond donors (Lipinski definition) is 3. The molecule has 10 nitrogen and oxygen atoms in total. The van der Waals surface area contributed by atoms with Gasteiger partial charge in [-0.15, -0.1) is 0 Å². The normalized spacial score (nSPS) is 18.9. The van der Waals surface area contributed by atoms with Crippen LogP contribution in [0.25, 0.3) is 5.65 Å². The molecule has 29 heavy (non-hydrogen) atoms. The second kappa shape index (κ2) is 6.87. The second-order valence-corrected chi connectivity index (χ2v) is 7.53. The highest BCUT2D eigenvalue weighted by atomic mass is 16.2. The van der Waals surface area contributed by atoms with Gasteiger partial charge in [-0.3, -0.25) is 14.3 Å². The van der Waals surface area contributed by atoms with Crippen molar-refractivity contribution in [1.82, 2.24) is 29.7 Å². The lowest BCUT2D eigenvalue weighted by molar-refractivity contribution is -0.120. The molecule has 0 aliphatic heterocycles. The molecule has 10 heteroatoms. The van der Waals surface area contributed by atoms with E-state index in [1.54, 1.807) is 28.5 Å². The highest BCUT2D eigenvalue weighted by molar-refractivity contribution is 6.00. The van der Waals surface area contributed by atoms with Crippen LogP contribution in [0.3, 0.4) is 0 Å². The fourth-order valence-electron chi connectivity index (χ4n) is 3.65. The number of carbonyl (C=O) groups is 2. The number of fused-ring (bicyclic) bond motifs is 1. The van der Waals surface area contributed by atoms with E-state index in [4.69, 9.17) is 0 Å². The second-order valence-electron chi connectivity index (χ2n) is 7.53. The largest absolute Gasteiger partial charge is 0.373 e. The van der Waals surface area contributed by atoms with E-state index >= 15 is 0 Å². The molecule has 150 valence electrons. The lowest BCUT2D eigenvalue weighted by atomic mass is 10.2. The van der Waals surface area contributed by atoms with Gasteiger partial charge in [0.2, 0.25) is 0 Å². The first kappa shape index (κ1) is 17.7. The molecule has 2 saturated carbocycles. The number of amides is 1. The van der Waals surface area contributed by atoms with Crippen molar-refractivity contribution < 1.29 is 9.59 Å². The van der Waals surface area contributed by atoms with Crippen molar-refractivity contribution in [3.8, 4) is 0 Å². The van der Waals surface area contributed by atoms with E-state index < -0.39 is 0 Å². The van der Waals surface area contributed by atoms with Crippen LogP contribution in [0, 0.1) is 0 Å². The van der Waals surface area contributed by atoms with E-state index in [2.05, 4.69) is 31.1 Å². The minimum atomic E-state index is -0.179. The summed E-state index contributed by atoms with van der Waals surface area (Å²) in [7, 11) is 1.79. The average Bonchev–Trinajstić information content (AvgIpc) is 3.09. The van der Waals surface area contributed by atoms with Gasteiger partial charge in [0, 0.05) is 31.8 Å². The Morgan fingerprint density at radius 3 is 2.79 bits per heavy atom. The summed E-state index contributed by atoms with van der Waals surface area (Å²) < 4.78 is 3.32. The summed E-state index contributed by atoms with van der Waals surface area (Å²) in [4.78, 5) is 29.1. The third-order valence-electron chi connectivity index (χ3n) is 5.35. The van der Waals surface area contributed by atoms with E-state index in [0.717, 1.165) is 31.4 Å². The molecule has 1 unspecified atom stereocenters. The smallest absolute Gasteiger partial charge is 0.256 e. The highest BCUT2D eigenvalue weighted by Crippen LogP contribution is 2.28. The van der Waals surface area contributed by atoms with Gasteiger partial charge in [0.25, 0.3) is 5.91 Å². The Morgan fingerprint density at radius 1 is 1.21 bits per heavy atom. The van der Waals surface area contributed by atoms with Gasteiger partial charge in [0.05, 0.1) is 18.1 Å². The van der Waals surface area contributed by atoms with E-state index in [1.807, 2.05) is 6.20 Å². The molecule has 5 rings (SSSR count). The van der Waals surface area contributed by atoms with Crippen LogP contribution in [0.1, 0.15) is 48.5 Å². The third kappa shape index (κ3) is 3.30. The number of hydrogen-bond acceptors (Lipinski definition) is 7. The summed E-state index contributed by atoms with van der Waals surface area (Å²) >= 11 is 0. The van der Waals surface area contributed by atoms with Gasteiger partial charge in [0.15, 0.2) is 11.4 Å². The Kier molecular flexibility index (Phi) is 4.18. The van der Waals surface area contributed by atoms with Crippen molar-refractivity contribution in [1.29, 1.82) is 0 Å². The van der Waals surface area contributed by atoms with Crippen LogP contribution in [0.5, 0.6) is 0 Å². The number of nitrogens with zero attached hydrogens (tertiary/aromatic N) is 5. The third-order valence-corrected chi connectivity index (χ3v) is 5.35. The van der Waals surface area contributed by atoms with Gasteiger partial charge in [-0.05, 0) is 25.7 Å². The Hall–Kier alpha value is -3.43. The molecule has 2 aliphatic carbocycles. The SMILES string of the molecule is CNc1cc(Nc2cnn(C3CCCC3=O)c2)nc2c(C(=O)NC3CC3)cnn12. The molecule has 2 aliphatic rings. The quantitative estimate of drug-likeness (QED) is 0.584. The molecule has 3 heterocycles. The molecule has 1 amide bonds. The van der Waals surface area contributed by atoms with Crippen molar-refractivity contribution in [3.05, 3.63) is 30.2 Å². The molecule has 3 N–H and O–H groups in total. The topological polar surface area (TPSA) is 118 Å². The molecule has 0 bridgehead atoms. The minimum Gasteiger partial charge on any atom is -0.373 e. The lowest BCUT2D eigenvalue weighted by Crippen LogP contribution is -2.25. The molecular weight excluding hydrogens is 372 g/mol. The fourth-order valence-corrected chi connectivity index (χ4v) is 3.65. The predicted molar refractivity (Wildman–Crippen MR) is 106 cm³/mol. The number of aromatic nitrogens is 5. The molecule has 3 aromatic heterocycles. The molecule has 0 spiro atoms. The van der Waals surface area contributed by atoms with Crippen LogP contribution in [0.15, 0.2) is 24.7 Å². The van der Waals surface area contributed by atoms with Crippen LogP contribution in [-0.2, 0) is 4.79 Å². The molecule has 3 aromatic rings. The zero-order chi connectivity index (χ0) is 20.0. The average molecular weight is 394 g/mol. The number of Topliss-reactive ketones (excluding diaryl/α,β-unsaturated/α-hetero) is 1. The molecule has 0 radical (unpaired) electrons. The van der Waals surface area contributed by atoms with Crippen molar-refractivity contribution in [3.63, 3.8) is 0 Å². The Bertz CT molecular complexity index is 1100. The molecule has 0 saturated heterocycles. The summed E-state index contributed by atoms with van der Waals surface area (Å²) in [5, 5.41) is 17.9. The van der Waals surface area contributed by atoms with Crippen LogP contribution in [0.4, 0.5) is 17.3 Å². The maximum atomic E-state index is 12.5. The predicted octanol–water partition coefficient (Wildman–Crippen LogP) is 1.90. The van der Waals surface area contributed by atoms with Crippen LogP contribution >= 0.6 is 0 Å². The van der Waals surface area contributed by atoms with Gasteiger partial charge < -0.3 is 16.0 Å². The number of rotatable bonds is 6. The van der Waals surface area contributed by atoms with Gasteiger partial charge in [-0.25, -0.2) is 4.98 Å². The summed E-state index contributed by atoms with van der Waals surface area (Å²) in [6.07, 6.45) is 9.40. The monoisotopic (exact) mass is 394 g/mol. The van der Waals surface area contributed by atoms with Gasteiger partial charge in [0.1, 0.15) is 23.2 Å². The van der Waals surface area contributed by atoms with Crippen LogP contribution in [0.2, 0.25) is 0 Å². The summed E-state index contributed by atoms with van der Waals surface area (Å²) in [6.45, 7) is 0. The molecular formula is C19H22N8O2. The standard InChI is InChI=1S/C19H22N8O2/c1-20-17-7-16(23-12-8-21-26(10-12)14-3-2-4-15(14)28)25-18-13(9-22-27(17)18)19(29)24-11-5-6-11/h7-11,14,20H,2-6H2,1H3,(H,23,25)(H,24,29). The Morgan fingerprint density at radius 2 is 2.07 bits per heavy atom. The van der Waals surface area contributed by atoms with Crippen molar-refractivity contribution >= 4 is 34.7 Å². The zero-order valence-electron chi connectivity index (χ0n) is 16.1. The Labute approximate surface area is 166 Å². The highest BCUT2D eigenvalue weighted by Gasteiger charge is 2.27. The fraction of sp³-hybridized carbons (Fsp3) is 0.421. The van der Waals surface area contributed by atoms with Gasteiger partial charge in [-0.2, -0.15) is 14.7 Å². The van der Waals surface area contributed by atoms with Crippen LogP contribution < -0.4 is 16.0 Å². The number of ketones is 1. The summed E-state index contributed by atoms with van der Waals surface area (Å²) in [5.41, 5.74) is 1.63.